The average Bonchev–Trinajstić information content (AvgIpc) is 3.47. The van der Waals surface area contributed by atoms with Crippen molar-refractivity contribution >= 4 is 35.6 Å². The number of para-hydroxylation sites is 1. The number of nitrogens with zero attached hydrogens (tertiary/aromatic N) is 4. The second kappa shape index (κ2) is 11.9. The number of aromatic nitrogens is 3. The van der Waals surface area contributed by atoms with Crippen molar-refractivity contribution in [3.63, 3.8) is 0 Å². The zero-order valence-electron chi connectivity index (χ0n) is 18.6. The quantitative estimate of drug-likeness (QED) is 0.254. The number of rotatable bonds is 8. The van der Waals surface area contributed by atoms with Gasteiger partial charge in [0, 0.05) is 38.3 Å². The van der Waals surface area contributed by atoms with E-state index in [9.17, 15) is 0 Å². The van der Waals surface area contributed by atoms with Crippen LogP contribution in [-0.4, -0.2) is 47.4 Å². The minimum Gasteiger partial charge on any atom is -0.493 e. The van der Waals surface area contributed by atoms with Crippen molar-refractivity contribution in [2.24, 2.45) is 4.99 Å². The van der Waals surface area contributed by atoms with Gasteiger partial charge in [-0.2, -0.15) is 0 Å². The molecule has 0 aliphatic heterocycles. The van der Waals surface area contributed by atoms with Gasteiger partial charge in [0.1, 0.15) is 5.82 Å². The Balaban J connectivity index is 0.00000289. The third-order valence-corrected chi connectivity index (χ3v) is 5.56. The van der Waals surface area contributed by atoms with E-state index in [-0.39, 0.29) is 30.1 Å². The minimum absolute atomic E-state index is 0. The maximum Gasteiger partial charge on any atom is 0.191 e. The summed E-state index contributed by atoms with van der Waals surface area (Å²) < 4.78 is 13.9. The SMILES string of the molecule is CN=C(NCCc1nnc2ccccn12)NCc1cccc(OC)c1OC1CCCC1.I. The van der Waals surface area contributed by atoms with Crippen LogP contribution in [0, 0.1) is 0 Å². The van der Waals surface area contributed by atoms with Crippen LogP contribution >= 0.6 is 24.0 Å². The van der Waals surface area contributed by atoms with Crippen LogP contribution in [0.1, 0.15) is 37.1 Å². The fraction of sp³-hybridized carbons (Fsp3) is 0.435. The number of fused-ring (bicyclic) bond motifs is 1. The van der Waals surface area contributed by atoms with E-state index in [1.165, 1.54) is 12.8 Å². The van der Waals surface area contributed by atoms with Crippen molar-refractivity contribution in [3.05, 3.63) is 54.0 Å². The molecule has 2 heterocycles. The second-order valence-corrected chi connectivity index (χ2v) is 7.62. The zero-order chi connectivity index (χ0) is 21.5. The van der Waals surface area contributed by atoms with Crippen LogP contribution in [0.25, 0.3) is 5.65 Å². The molecule has 32 heavy (non-hydrogen) atoms. The molecule has 172 valence electrons. The largest absolute Gasteiger partial charge is 0.493 e. The maximum atomic E-state index is 6.32. The number of guanidine groups is 1. The van der Waals surface area contributed by atoms with Crippen molar-refractivity contribution in [2.75, 3.05) is 20.7 Å². The predicted octanol–water partition coefficient (Wildman–Crippen LogP) is 3.59. The van der Waals surface area contributed by atoms with Gasteiger partial charge in [-0.05, 0) is 43.9 Å². The van der Waals surface area contributed by atoms with Gasteiger partial charge >= 0.3 is 0 Å². The molecule has 0 atom stereocenters. The van der Waals surface area contributed by atoms with E-state index in [2.05, 4.69) is 31.9 Å². The molecule has 1 aliphatic rings. The number of benzene rings is 1. The first-order valence-corrected chi connectivity index (χ1v) is 10.8. The molecule has 1 saturated carbocycles. The number of ether oxygens (including phenoxy) is 2. The lowest BCUT2D eigenvalue weighted by molar-refractivity contribution is 0.198. The summed E-state index contributed by atoms with van der Waals surface area (Å²) in [7, 11) is 3.45. The molecule has 4 rings (SSSR count). The molecule has 2 aromatic heterocycles. The molecule has 0 spiro atoms. The summed E-state index contributed by atoms with van der Waals surface area (Å²) in [6.07, 6.45) is 7.64. The van der Waals surface area contributed by atoms with Crippen LogP contribution in [0.2, 0.25) is 0 Å². The van der Waals surface area contributed by atoms with E-state index in [0.717, 1.165) is 53.8 Å². The number of hydrogen-bond donors (Lipinski definition) is 2. The Kier molecular flexibility index (Phi) is 8.95. The molecule has 0 bridgehead atoms. The maximum absolute atomic E-state index is 6.32. The van der Waals surface area contributed by atoms with Gasteiger partial charge in [-0.25, -0.2) is 0 Å². The highest BCUT2D eigenvalue weighted by Gasteiger charge is 2.20. The van der Waals surface area contributed by atoms with E-state index >= 15 is 0 Å². The molecule has 2 N–H and O–H groups in total. The minimum atomic E-state index is 0. The number of pyridine rings is 1. The lowest BCUT2D eigenvalue weighted by atomic mass is 10.1. The van der Waals surface area contributed by atoms with Gasteiger partial charge in [-0.1, -0.05) is 18.2 Å². The van der Waals surface area contributed by atoms with Crippen LogP contribution < -0.4 is 20.1 Å². The summed E-state index contributed by atoms with van der Waals surface area (Å²) >= 11 is 0. The van der Waals surface area contributed by atoms with E-state index in [4.69, 9.17) is 9.47 Å². The summed E-state index contributed by atoms with van der Waals surface area (Å²) in [4.78, 5) is 4.34. The number of aliphatic imine (C=N–C) groups is 1. The van der Waals surface area contributed by atoms with Gasteiger partial charge in [0.25, 0.3) is 0 Å². The van der Waals surface area contributed by atoms with Gasteiger partial charge in [0.15, 0.2) is 23.1 Å². The third-order valence-electron chi connectivity index (χ3n) is 5.56. The molecule has 1 aromatic carbocycles. The molecule has 0 radical (unpaired) electrons. The highest BCUT2D eigenvalue weighted by Crippen LogP contribution is 2.34. The Labute approximate surface area is 205 Å². The first-order valence-electron chi connectivity index (χ1n) is 10.8. The van der Waals surface area contributed by atoms with Gasteiger partial charge in [0.05, 0.1) is 13.2 Å². The average molecular weight is 550 g/mol. The fourth-order valence-corrected chi connectivity index (χ4v) is 3.92. The van der Waals surface area contributed by atoms with E-state index < -0.39 is 0 Å². The molecule has 9 heteroatoms. The summed E-state index contributed by atoms with van der Waals surface area (Å²) in [6, 6.07) is 11.9. The normalized spacial score (nSPS) is 14.2. The van der Waals surface area contributed by atoms with Gasteiger partial charge in [-0.15, -0.1) is 34.2 Å². The lowest BCUT2D eigenvalue weighted by Gasteiger charge is -2.20. The van der Waals surface area contributed by atoms with Crippen molar-refractivity contribution in [2.45, 2.75) is 44.8 Å². The molecule has 0 saturated heterocycles. The highest BCUT2D eigenvalue weighted by atomic mass is 127. The van der Waals surface area contributed by atoms with Crippen molar-refractivity contribution in [3.8, 4) is 11.5 Å². The molecule has 3 aromatic rings. The number of nitrogens with one attached hydrogen (secondary N) is 2. The van der Waals surface area contributed by atoms with Crippen LogP contribution in [0.4, 0.5) is 0 Å². The first kappa shape index (κ1) is 24.1. The Bertz CT molecular complexity index is 1030. The van der Waals surface area contributed by atoms with Crippen molar-refractivity contribution in [1.82, 2.24) is 25.2 Å². The Morgan fingerprint density at radius 3 is 2.75 bits per heavy atom. The van der Waals surface area contributed by atoms with Gasteiger partial charge in [-0.3, -0.25) is 9.39 Å². The fourth-order valence-electron chi connectivity index (χ4n) is 3.92. The van der Waals surface area contributed by atoms with E-state index in [1.54, 1.807) is 14.2 Å². The Hall–Kier alpha value is -2.56. The van der Waals surface area contributed by atoms with Crippen LogP contribution in [0.5, 0.6) is 11.5 Å². The highest BCUT2D eigenvalue weighted by molar-refractivity contribution is 14.0. The second-order valence-electron chi connectivity index (χ2n) is 7.62. The standard InChI is InChI=1S/C23H30N6O2.HI/c1-24-23(25-14-13-21-28-27-20-12-5-6-15-29(20)21)26-16-17-8-7-11-19(30-2)22(17)31-18-9-3-4-10-18;/h5-8,11-12,15,18H,3-4,9-10,13-14,16H2,1-2H3,(H2,24,25,26);1H. The summed E-state index contributed by atoms with van der Waals surface area (Å²) in [5.74, 6) is 3.24. The molecule has 0 unspecified atom stereocenters. The van der Waals surface area contributed by atoms with Gasteiger partial charge in [0.2, 0.25) is 0 Å². The summed E-state index contributed by atoms with van der Waals surface area (Å²) in [5.41, 5.74) is 1.91. The molecule has 8 nitrogen and oxygen atoms in total. The summed E-state index contributed by atoms with van der Waals surface area (Å²) in [5, 5.41) is 15.2. The van der Waals surface area contributed by atoms with Crippen LogP contribution in [-0.2, 0) is 13.0 Å². The van der Waals surface area contributed by atoms with Crippen molar-refractivity contribution in [1.29, 1.82) is 0 Å². The molecular formula is C23H31IN6O2. The summed E-state index contributed by atoms with van der Waals surface area (Å²) in [6.45, 7) is 1.28. The first-order chi connectivity index (χ1) is 15.3. The third kappa shape index (κ3) is 5.81. The monoisotopic (exact) mass is 550 g/mol. The van der Waals surface area contributed by atoms with Crippen LogP contribution in [0.15, 0.2) is 47.6 Å². The smallest absolute Gasteiger partial charge is 0.191 e. The Morgan fingerprint density at radius 2 is 1.97 bits per heavy atom. The molecular weight excluding hydrogens is 519 g/mol. The molecule has 0 amide bonds. The lowest BCUT2D eigenvalue weighted by Crippen LogP contribution is -2.38. The topological polar surface area (TPSA) is 85.1 Å². The van der Waals surface area contributed by atoms with E-state index in [0.29, 0.717) is 13.1 Å². The molecule has 1 aliphatic carbocycles. The Morgan fingerprint density at radius 1 is 1.12 bits per heavy atom. The predicted molar refractivity (Wildman–Crippen MR) is 136 cm³/mol. The molecule has 1 fully saturated rings. The number of hydrogen-bond acceptors (Lipinski definition) is 5. The zero-order valence-corrected chi connectivity index (χ0v) is 20.9. The number of methoxy groups -OCH3 is 1. The number of halogens is 1. The van der Waals surface area contributed by atoms with Gasteiger partial charge < -0.3 is 20.1 Å². The van der Waals surface area contributed by atoms with E-state index in [1.807, 2.05) is 40.9 Å². The van der Waals surface area contributed by atoms with Crippen LogP contribution in [0.3, 0.4) is 0 Å². The van der Waals surface area contributed by atoms with Crippen molar-refractivity contribution < 1.29 is 9.47 Å².